The van der Waals surface area contributed by atoms with Gasteiger partial charge in [-0.05, 0) is 49.2 Å². The molecule has 0 unspecified atom stereocenters. The maximum Gasteiger partial charge on any atom is 0.316 e. The minimum absolute atomic E-state index is 0.154. The number of carbonyl (C=O) groups excluding carboxylic acids is 2. The molecule has 3 rings (SSSR count). The highest BCUT2D eigenvalue weighted by molar-refractivity contribution is 8.00. The van der Waals surface area contributed by atoms with Gasteiger partial charge in [-0.1, -0.05) is 12.1 Å². The van der Waals surface area contributed by atoms with Crippen molar-refractivity contribution in [3.63, 3.8) is 0 Å². The van der Waals surface area contributed by atoms with Crippen molar-refractivity contribution in [2.75, 3.05) is 17.7 Å². The number of thioether (sulfide) groups is 1. The first kappa shape index (κ1) is 18.3. The summed E-state index contributed by atoms with van der Waals surface area (Å²) in [6.07, 6.45) is 0. The highest BCUT2D eigenvalue weighted by atomic mass is 32.2. The average molecular weight is 387 g/mol. The van der Waals surface area contributed by atoms with Crippen LogP contribution < -0.4 is 5.32 Å². The van der Waals surface area contributed by atoms with E-state index in [9.17, 15) is 9.59 Å². The minimum Gasteiger partial charge on any atom is -0.455 e. The molecule has 0 saturated heterocycles. The van der Waals surface area contributed by atoms with Gasteiger partial charge in [0.05, 0.1) is 23.2 Å². The standard InChI is InChI=1S/C18H17N3O3S2/c1-11-6-7-13(8-12(11)2)25-10-17(23)24-9-16(22)19-14-4-3-5-15-18(14)21-26-20-15/h3-8H,9-10H2,1-2H3,(H,19,22). The van der Waals surface area contributed by atoms with Crippen molar-refractivity contribution in [3.05, 3.63) is 47.5 Å². The number of esters is 1. The fourth-order valence-corrected chi connectivity index (χ4v) is 3.57. The van der Waals surface area contributed by atoms with E-state index in [-0.39, 0.29) is 12.4 Å². The molecule has 0 fully saturated rings. The van der Waals surface area contributed by atoms with E-state index in [2.05, 4.69) is 14.1 Å². The molecule has 3 aromatic rings. The number of rotatable bonds is 6. The highest BCUT2D eigenvalue weighted by Gasteiger charge is 2.11. The van der Waals surface area contributed by atoms with Crippen molar-refractivity contribution in [2.45, 2.75) is 18.7 Å². The summed E-state index contributed by atoms with van der Waals surface area (Å²) in [5, 5.41) is 2.70. The molecule has 1 N–H and O–H groups in total. The van der Waals surface area contributed by atoms with Crippen LogP contribution in [0.5, 0.6) is 0 Å². The first-order valence-corrected chi connectivity index (χ1v) is 9.61. The summed E-state index contributed by atoms with van der Waals surface area (Å²) in [6, 6.07) is 11.4. The third-order valence-corrected chi connectivity index (χ3v) is 5.27. The van der Waals surface area contributed by atoms with E-state index >= 15 is 0 Å². The monoisotopic (exact) mass is 387 g/mol. The number of fused-ring (bicyclic) bond motifs is 1. The van der Waals surface area contributed by atoms with Crippen LogP contribution in [0.4, 0.5) is 5.69 Å². The molecule has 0 bridgehead atoms. The molecule has 0 aliphatic heterocycles. The Morgan fingerprint density at radius 3 is 2.81 bits per heavy atom. The maximum atomic E-state index is 12.0. The van der Waals surface area contributed by atoms with E-state index in [1.807, 2.05) is 38.1 Å². The lowest BCUT2D eigenvalue weighted by Crippen LogP contribution is -2.21. The molecule has 1 amide bonds. The summed E-state index contributed by atoms with van der Waals surface area (Å²) < 4.78 is 13.3. The third-order valence-electron chi connectivity index (χ3n) is 3.76. The number of ether oxygens (including phenoxy) is 1. The molecule has 26 heavy (non-hydrogen) atoms. The Labute approximate surface area is 159 Å². The lowest BCUT2D eigenvalue weighted by atomic mass is 10.1. The number of hydrogen-bond donors (Lipinski definition) is 1. The second-order valence-electron chi connectivity index (χ2n) is 5.68. The van der Waals surface area contributed by atoms with E-state index in [4.69, 9.17) is 4.74 Å². The molecular weight excluding hydrogens is 370 g/mol. The van der Waals surface area contributed by atoms with E-state index in [0.717, 1.165) is 22.1 Å². The fourth-order valence-electron chi connectivity index (χ4n) is 2.23. The molecular formula is C18H17N3O3S2. The van der Waals surface area contributed by atoms with Crippen LogP contribution in [0.2, 0.25) is 0 Å². The zero-order chi connectivity index (χ0) is 18.5. The van der Waals surface area contributed by atoms with Crippen LogP contribution in [0.1, 0.15) is 11.1 Å². The summed E-state index contributed by atoms with van der Waals surface area (Å²) in [4.78, 5) is 24.8. The number of carbonyl (C=O) groups is 2. The maximum absolute atomic E-state index is 12.0. The van der Waals surface area contributed by atoms with Crippen molar-refractivity contribution >= 4 is 52.1 Å². The Morgan fingerprint density at radius 2 is 2.00 bits per heavy atom. The SMILES string of the molecule is Cc1ccc(SCC(=O)OCC(=O)Nc2cccc3nsnc23)cc1C. The van der Waals surface area contributed by atoms with Gasteiger partial charge in [0.25, 0.3) is 5.91 Å². The Hall–Kier alpha value is -2.45. The summed E-state index contributed by atoms with van der Waals surface area (Å²) in [5.41, 5.74) is 4.28. The van der Waals surface area contributed by atoms with Gasteiger partial charge in [0.15, 0.2) is 6.61 Å². The largest absolute Gasteiger partial charge is 0.455 e. The lowest BCUT2D eigenvalue weighted by molar-refractivity contribution is -0.144. The van der Waals surface area contributed by atoms with Gasteiger partial charge < -0.3 is 10.1 Å². The van der Waals surface area contributed by atoms with Gasteiger partial charge in [0.2, 0.25) is 0 Å². The van der Waals surface area contributed by atoms with Crippen LogP contribution in [0.25, 0.3) is 11.0 Å². The van der Waals surface area contributed by atoms with Crippen molar-refractivity contribution in [3.8, 4) is 0 Å². The van der Waals surface area contributed by atoms with Crippen LogP contribution in [0.3, 0.4) is 0 Å². The van der Waals surface area contributed by atoms with Crippen LogP contribution in [0.15, 0.2) is 41.3 Å². The van der Waals surface area contributed by atoms with E-state index < -0.39 is 11.9 Å². The molecule has 0 atom stereocenters. The van der Waals surface area contributed by atoms with E-state index in [1.54, 1.807) is 12.1 Å². The van der Waals surface area contributed by atoms with Gasteiger partial charge in [-0.2, -0.15) is 8.75 Å². The zero-order valence-electron chi connectivity index (χ0n) is 14.3. The van der Waals surface area contributed by atoms with Gasteiger partial charge in [0.1, 0.15) is 11.0 Å². The average Bonchev–Trinajstić information content (AvgIpc) is 3.11. The van der Waals surface area contributed by atoms with Gasteiger partial charge in [-0.15, -0.1) is 11.8 Å². The summed E-state index contributed by atoms with van der Waals surface area (Å²) >= 11 is 2.47. The highest BCUT2D eigenvalue weighted by Crippen LogP contribution is 2.22. The Morgan fingerprint density at radius 1 is 1.15 bits per heavy atom. The minimum atomic E-state index is -0.433. The summed E-state index contributed by atoms with van der Waals surface area (Å²) in [7, 11) is 0. The van der Waals surface area contributed by atoms with Gasteiger partial charge in [0, 0.05) is 4.90 Å². The topological polar surface area (TPSA) is 81.2 Å². The van der Waals surface area contributed by atoms with Crippen molar-refractivity contribution in [1.82, 2.24) is 8.75 Å². The fraction of sp³-hybridized carbons (Fsp3) is 0.222. The Kier molecular flexibility index (Phi) is 5.85. The number of nitrogens with zero attached hydrogens (tertiary/aromatic N) is 2. The molecule has 6 nitrogen and oxygen atoms in total. The first-order valence-electron chi connectivity index (χ1n) is 7.90. The van der Waals surface area contributed by atoms with E-state index in [0.29, 0.717) is 11.2 Å². The second-order valence-corrected chi connectivity index (χ2v) is 7.26. The molecule has 1 heterocycles. The Balaban J connectivity index is 1.47. The molecule has 0 aliphatic carbocycles. The second kappa shape index (κ2) is 8.29. The number of anilines is 1. The van der Waals surface area contributed by atoms with E-state index in [1.165, 1.54) is 22.9 Å². The molecule has 0 spiro atoms. The molecule has 8 heteroatoms. The summed E-state index contributed by atoms with van der Waals surface area (Å²) in [5.74, 6) is -0.687. The number of nitrogens with one attached hydrogen (secondary N) is 1. The molecule has 2 aromatic carbocycles. The van der Waals surface area contributed by atoms with Crippen LogP contribution >= 0.6 is 23.5 Å². The quantitative estimate of drug-likeness (QED) is 0.514. The molecule has 1 aromatic heterocycles. The molecule has 0 aliphatic rings. The molecule has 0 radical (unpaired) electrons. The summed E-state index contributed by atoms with van der Waals surface area (Å²) in [6.45, 7) is 3.74. The normalized spacial score (nSPS) is 10.7. The molecule has 0 saturated carbocycles. The lowest BCUT2D eigenvalue weighted by Gasteiger charge is -2.07. The van der Waals surface area contributed by atoms with Crippen LogP contribution in [-0.2, 0) is 14.3 Å². The number of amides is 1. The van der Waals surface area contributed by atoms with Crippen LogP contribution in [0, 0.1) is 13.8 Å². The Bertz CT molecular complexity index is 956. The first-order chi connectivity index (χ1) is 12.5. The molecule has 134 valence electrons. The predicted octanol–water partition coefficient (Wildman–Crippen LogP) is 3.58. The number of hydrogen-bond acceptors (Lipinski definition) is 7. The van der Waals surface area contributed by atoms with Gasteiger partial charge >= 0.3 is 5.97 Å². The third kappa shape index (κ3) is 4.59. The van der Waals surface area contributed by atoms with Crippen molar-refractivity contribution in [1.29, 1.82) is 0 Å². The zero-order valence-corrected chi connectivity index (χ0v) is 15.9. The van der Waals surface area contributed by atoms with Gasteiger partial charge in [-0.3, -0.25) is 9.59 Å². The van der Waals surface area contributed by atoms with Crippen molar-refractivity contribution in [2.24, 2.45) is 0 Å². The number of aryl methyl sites for hydroxylation is 2. The van der Waals surface area contributed by atoms with Gasteiger partial charge in [-0.25, -0.2) is 0 Å². The van der Waals surface area contributed by atoms with Crippen molar-refractivity contribution < 1.29 is 14.3 Å². The number of benzene rings is 2. The number of aromatic nitrogens is 2. The smallest absolute Gasteiger partial charge is 0.316 e. The van der Waals surface area contributed by atoms with Crippen LogP contribution in [-0.4, -0.2) is 33.0 Å². The predicted molar refractivity (Wildman–Crippen MR) is 104 cm³/mol.